The lowest BCUT2D eigenvalue weighted by molar-refractivity contribution is 0.0697. The third-order valence-corrected chi connectivity index (χ3v) is 3.74. The van der Waals surface area contributed by atoms with E-state index in [-0.39, 0.29) is 8.79 Å². The Morgan fingerprint density at radius 3 is 2.46 bits per heavy atom. The number of sulfone groups is 1. The maximum absolute atomic E-state index is 11.0. The molecule has 0 aromatic carbocycles. The third-order valence-electron chi connectivity index (χ3n) is 1.12. The van der Waals surface area contributed by atoms with E-state index >= 15 is 0 Å². The number of carbonyl (C=O) groups is 1. The van der Waals surface area contributed by atoms with Crippen LogP contribution in [0.4, 0.5) is 0 Å². The Labute approximate surface area is 86.5 Å². The normalized spacial score (nSPS) is 11.5. The van der Waals surface area contributed by atoms with Crippen LogP contribution >= 0.6 is 27.3 Å². The number of hydrogen-bond acceptors (Lipinski definition) is 5. The summed E-state index contributed by atoms with van der Waals surface area (Å²) < 4.78 is 22.3. The summed E-state index contributed by atoms with van der Waals surface area (Å²) in [6.07, 6.45) is 0.918. The Morgan fingerprint density at radius 2 is 2.15 bits per heavy atom. The van der Waals surface area contributed by atoms with E-state index in [9.17, 15) is 13.2 Å². The van der Waals surface area contributed by atoms with E-state index in [4.69, 9.17) is 5.11 Å². The monoisotopic (exact) mass is 285 g/mol. The topological polar surface area (TPSA) is 84.3 Å². The molecule has 0 aliphatic heterocycles. The maximum Gasteiger partial charge on any atom is 0.348 e. The summed E-state index contributed by atoms with van der Waals surface area (Å²) in [5.74, 6) is -1.29. The molecular formula is C5H4BrNO4S2. The van der Waals surface area contributed by atoms with Crippen molar-refractivity contribution in [1.29, 1.82) is 0 Å². The zero-order chi connectivity index (χ0) is 10.2. The number of nitrogens with zero attached hydrogens (tertiary/aromatic N) is 1. The highest BCUT2D eigenvalue weighted by Crippen LogP contribution is 2.26. The number of aromatic carboxylic acids is 1. The van der Waals surface area contributed by atoms with Gasteiger partial charge >= 0.3 is 5.97 Å². The Kier molecular flexibility index (Phi) is 2.74. The highest BCUT2D eigenvalue weighted by Gasteiger charge is 2.23. The SMILES string of the molecule is CS(=O)(=O)c1nc(Br)sc1C(=O)O. The second kappa shape index (κ2) is 3.35. The predicted octanol–water partition coefficient (Wildman–Crippen LogP) is 1.01. The van der Waals surface area contributed by atoms with Crippen LogP contribution < -0.4 is 0 Å². The molecule has 72 valence electrons. The van der Waals surface area contributed by atoms with Crippen LogP contribution in [0.15, 0.2) is 8.94 Å². The molecule has 0 spiro atoms. The molecular weight excluding hydrogens is 282 g/mol. The molecule has 0 unspecified atom stereocenters. The van der Waals surface area contributed by atoms with Gasteiger partial charge in [-0.15, -0.1) is 0 Å². The molecule has 1 N–H and O–H groups in total. The summed E-state index contributed by atoms with van der Waals surface area (Å²) in [4.78, 5) is 13.9. The van der Waals surface area contributed by atoms with E-state index in [1.165, 1.54) is 0 Å². The summed E-state index contributed by atoms with van der Waals surface area (Å²) >= 11 is 3.70. The molecule has 0 saturated carbocycles. The molecule has 0 bridgehead atoms. The zero-order valence-electron chi connectivity index (χ0n) is 6.31. The maximum atomic E-state index is 11.0. The summed E-state index contributed by atoms with van der Waals surface area (Å²) in [7, 11) is -3.57. The van der Waals surface area contributed by atoms with Gasteiger partial charge in [-0.1, -0.05) is 11.3 Å². The highest BCUT2D eigenvalue weighted by atomic mass is 79.9. The van der Waals surface area contributed by atoms with Crippen molar-refractivity contribution in [2.75, 3.05) is 6.26 Å². The van der Waals surface area contributed by atoms with Crippen molar-refractivity contribution < 1.29 is 18.3 Å². The van der Waals surface area contributed by atoms with Crippen molar-refractivity contribution in [3.8, 4) is 0 Å². The van der Waals surface area contributed by atoms with E-state index in [0.717, 1.165) is 17.6 Å². The first-order valence-electron chi connectivity index (χ1n) is 2.92. The molecule has 1 rings (SSSR count). The van der Waals surface area contributed by atoms with Crippen molar-refractivity contribution in [2.24, 2.45) is 0 Å². The van der Waals surface area contributed by atoms with Crippen molar-refractivity contribution in [3.63, 3.8) is 0 Å². The van der Waals surface area contributed by atoms with Gasteiger partial charge in [-0.25, -0.2) is 18.2 Å². The minimum absolute atomic E-state index is 0.241. The predicted molar refractivity (Wildman–Crippen MR) is 49.9 cm³/mol. The highest BCUT2D eigenvalue weighted by molar-refractivity contribution is 9.11. The molecule has 1 aromatic rings. The average molecular weight is 286 g/mol. The van der Waals surface area contributed by atoms with E-state index in [1.54, 1.807) is 0 Å². The quantitative estimate of drug-likeness (QED) is 0.877. The molecule has 0 saturated heterocycles. The molecule has 13 heavy (non-hydrogen) atoms. The van der Waals surface area contributed by atoms with Crippen molar-refractivity contribution in [2.45, 2.75) is 5.03 Å². The molecule has 0 aliphatic carbocycles. The van der Waals surface area contributed by atoms with Crippen LogP contribution in [0.1, 0.15) is 9.67 Å². The van der Waals surface area contributed by atoms with Crippen molar-refractivity contribution in [3.05, 3.63) is 8.79 Å². The van der Waals surface area contributed by atoms with Gasteiger partial charge in [0.1, 0.15) is 0 Å². The van der Waals surface area contributed by atoms with E-state index in [0.29, 0.717) is 0 Å². The lowest BCUT2D eigenvalue weighted by Crippen LogP contribution is -2.05. The molecule has 1 heterocycles. The molecule has 0 fully saturated rings. The van der Waals surface area contributed by atoms with E-state index in [2.05, 4.69) is 20.9 Å². The lowest BCUT2D eigenvalue weighted by Gasteiger charge is -1.92. The first-order valence-corrected chi connectivity index (χ1v) is 6.42. The number of hydrogen-bond donors (Lipinski definition) is 1. The van der Waals surface area contributed by atoms with Gasteiger partial charge in [0.15, 0.2) is 23.7 Å². The first-order chi connectivity index (χ1) is 5.82. The van der Waals surface area contributed by atoms with Crippen molar-refractivity contribution in [1.82, 2.24) is 4.98 Å². The number of halogens is 1. The van der Waals surface area contributed by atoms with Crippen LogP contribution in [0.25, 0.3) is 0 Å². The summed E-state index contributed by atoms with van der Waals surface area (Å²) in [5.41, 5.74) is 0. The Bertz CT molecular complexity index is 449. The average Bonchev–Trinajstić information content (AvgIpc) is 2.29. The third kappa shape index (κ3) is 2.26. The molecule has 5 nitrogen and oxygen atoms in total. The van der Waals surface area contributed by atoms with Crippen molar-refractivity contribution >= 4 is 43.1 Å². The second-order valence-electron chi connectivity index (χ2n) is 2.18. The Morgan fingerprint density at radius 1 is 1.62 bits per heavy atom. The van der Waals surface area contributed by atoms with Gasteiger partial charge in [0.05, 0.1) is 0 Å². The minimum atomic E-state index is -3.57. The first kappa shape index (κ1) is 10.6. The number of aromatic nitrogens is 1. The summed E-state index contributed by atoms with van der Waals surface area (Å²) in [6, 6.07) is 0. The smallest absolute Gasteiger partial charge is 0.348 e. The van der Waals surface area contributed by atoms with Gasteiger partial charge in [-0.2, -0.15) is 0 Å². The van der Waals surface area contributed by atoms with Crippen LogP contribution in [-0.4, -0.2) is 30.7 Å². The lowest BCUT2D eigenvalue weighted by atomic mass is 10.6. The fourth-order valence-electron chi connectivity index (χ4n) is 0.668. The Balaban J connectivity index is 3.46. The number of carboxylic acid groups (broad SMARTS) is 1. The van der Waals surface area contributed by atoms with Crippen LogP contribution in [0.5, 0.6) is 0 Å². The van der Waals surface area contributed by atoms with Gasteiger partial charge in [-0.3, -0.25) is 0 Å². The van der Waals surface area contributed by atoms with Crippen LogP contribution in [0.2, 0.25) is 0 Å². The second-order valence-corrected chi connectivity index (χ2v) is 6.38. The standard InChI is InChI=1S/C5H4BrNO4S2/c1-13(10,11)3-2(4(8)9)12-5(6)7-3/h1H3,(H,8,9). The van der Waals surface area contributed by atoms with Gasteiger partial charge in [0.2, 0.25) is 0 Å². The van der Waals surface area contributed by atoms with Gasteiger partial charge < -0.3 is 5.11 Å². The van der Waals surface area contributed by atoms with Gasteiger partial charge in [0, 0.05) is 6.26 Å². The molecule has 0 aliphatic rings. The largest absolute Gasteiger partial charge is 0.477 e. The van der Waals surface area contributed by atoms with E-state index < -0.39 is 20.8 Å². The zero-order valence-corrected chi connectivity index (χ0v) is 9.53. The van der Waals surface area contributed by atoms with E-state index in [1.807, 2.05) is 0 Å². The number of rotatable bonds is 2. The van der Waals surface area contributed by atoms with Crippen LogP contribution in [-0.2, 0) is 9.84 Å². The minimum Gasteiger partial charge on any atom is -0.477 e. The van der Waals surface area contributed by atoms with Crippen LogP contribution in [0, 0.1) is 0 Å². The fraction of sp³-hybridized carbons (Fsp3) is 0.200. The molecule has 1 aromatic heterocycles. The molecule has 0 amide bonds. The number of thiazole rings is 1. The molecule has 0 radical (unpaired) electrons. The molecule has 0 atom stereocenters. The molecule has 8 heteroatoms. The van der Waals surface area contributed by atoms with Gasteiger partial charge in [-0.05, 0) is 15.9 Å². The summed E-state index contributed by atoms with van der Waals surface area (Å²) in [6.45, 7) is 0. The number of carboxylic acids is 1. The summed E-state index contributed by atoms with van der Waals surface area (Å²) in [5, 5.41) is 8.24. The fourth-order valence-corrected chi connectivity index (χ4v) is 3.29. The van der Waals surface area contributed by atoms with Gasteiger partial charge in [0.25, 0.3) is 0 Å². The van der Waals surface area contributed by atoms with Crippen LogP contribution in [0.3, 0.4) is 0 Å². The Hall–Kier alpha value is -0.470.